The molecule has 0 bridgehead atoms. The van der Waals surface area contributed by atoms with Crippen LogP contribution in [0.2, 0.25) is 5.02 Å². The van der Waals surface area contributed by atoms with Gasteiger partial charge in [-0.3, -0.25) is 19.7 Å². The van der Waals surface area contributed by atoms with Gasteiger partial charge in [-0.05, 0) is 44.5 Å². The normalized spacial score (nSPS) is 19.2. The molecule has 150 valence electrons. The first-order valence-corrected chi connectivity index (χ1v) is 10.6. The summed E-state index contributed by atoms with van der Waals surface area (Å²) in [7, 11) is 0. The first kappa shape index (κ1) is 19.8. The molecule has 1 aliphatic heterocycles. The molecular formula is C21H21ClN4O2S. The van der Waals surface area contributed by atoms with Crippen LogP contribution in [0.5, 0.6) is 0 Å². The monoisotopic (exact) mass is 428 g/mol. The SMILES string of the molecule is Cc1ccc(C2SC(C)C(=O)N2NC(=O)Cn2nc(C)c3ccc(Cl)cc32)cc1. The molecule has 3 aromatic rings. The lowest BCUT2D eigenvalue weighted by molar-refractivity contribution is -0.140. The number of halogens is 1. The highest BCUT2D eigenvalue weighted by Crippen LogP contribution is 2.41. The summed E-state index contributed by atoms with van der Waals surface area (Å²) in [6, 6.07) is 13.5. The second kappa shape index (κ2) is 7.72. The largest absolute Gasteiger partial charge is 0.272 e. The number of nitrogens with one attached hydrogen (secondary N) is 1. The number of nitrogens with zero attached hydrogens (tertiary/aromatic N) is 3. The van der Waals surface area contributed by atoms with Crippen LogP contribution in [0.3, 0.4) is 0 Å². The van der Waals surface area contributed by atoms with E-state index in [9.17, 15) is 9.59 Å². The number of carbonyl (C=O) groups is 2. The number of carbonyl (C=O) groups excluding carboxylic acids is 2. The van der Waals surface area contributed by atoms with Crippen molar-refractivity contribution >= 4 is 46.1 Å². The van der Waals surface area contributed by atoms with Crippen molar-refractivity contribution in [3.63, 3.8) is 0 Å². The zero-order valence-corrected chi connectivity index (χ0v) is 17.9. The molecule has 2 unspecified atom stereocenters. The van der Waals surface area contributed by atoms with E-state index in [0.29, 0.717) is 5.02 Å². The molecule has 0 spiro atoms. The third-order valence-electron chi connectivity index (χ3n) is 4.95. The van der Waals surface area contributed by atoms with Crippen LogP contribution >= 0.6 is 23.4 Å². The average Bonchev–Trinajstić information content (AvgIpc) is 3.13. The Morgan fingerprint density at radius 3 is 2.66 bits per heavy atom. The smallest absolute Gasteiger partial charge is 0.260 e. The molecule has 2 amide bonds. The Morgan fingerprint density at radius 1 is 1.21 bits per heavy atom. The van der Waals surface area contributed by atoms with E-state index in [1.165, 1.54) is 16.8 Å². The number of hydrazine groups is 1. The number of benzene rings is 2. The molecule has 0 saturated carbocycles. The molecule has 0 radical (unpaired) electrons. The highest BCUT2D eigenvalue weighted by atomic mass is 35.5. The van der Waals surface area contributed by atoms with Crippen molar-refractivity contribution in [1.29, 1.82) is 0 Å². The number of fused-ring (bicyclic) bond motifs is 1. The number of thioether (sulfide) groups is 1. The molecule has 2 heterocycles. The van der Waals surface area contributed by atoms with Gasteiger partial charge in [0, 0.05) is 10.4 Å². The van der Waals surface area contributed by atoms with E-state index in [1.54, 1.807) is 16.8 Å². The summed E-state index contributed by atoms with van der Waals surface area (Å²) in [5, 5.41) is 6.94. The Labute approximate surface area is 178 Å². The van der Waals surface area contributed by atoms with Crippen LogP contribution in [-0.2, 0) is 16.1 Å². The van der Waals surface area contributed by atoms with Crippen molar-refractivity contribution in [3.05, 3.63) is 64.3 Å². The predicted molar refractivity (Wildman–Crippen MR) is 115 cm³/mol. The molecule has 1 saturated heterocycles. The Hall–Kier alpha value is -2.51. The number of aromatic nitrogens is 2. The maximum Gasteiger partial charge on any atom is 0.260 e. The van der Waals surface area contributed by atoms with Crippen molar-refractivity contribution in [3.8, 4) is 0 Å². The lowest BCUT2D eigenvalue weighted by Crippen LogP contribution is -2.46. The second-order valence-corrected chi connectivity index (χ2v) is 9.05. The summed E-state index contributed by atoms with van der Waals surface area (Å²) in [5.74, 6) is -0.423. The van der Waals surface area contributed by atoms with E-state index < -0.39 is 0 Å². The van der Waals surface area contributed by atoms with Gasteiger partial charge in [-0.25, -0.2) is 5.01 Å². The topological polar surface area (TPSA) is 67.2 Å². The number of aryl methyl sites for hydroxylation is 2. The third kappa shape index (κ3) is 3.84. The maximum absolute atomic E-state index is 12.8. The molecule has 2 aromatic carbocycles. The van der Waals surface area contributed by atoms with Gasteiger partial charge in [0.05, 0.1) is 16.5 Å². The first-order valence-electron chi connectivity index (χ1n) is 9.31. The van der Waals surface area contributed by atoms with Crippen LogP contribution in [0.15, 0.2) is 42.5 Å². The summed E-state index contributed by atoms with van der Waals surface area (Å²) in [6.07, 6.45) is 0. The standard InChI is InChI=1S/C21H21ClN4O2S/c1-12-4-6-15(7-5-12)21-26(20(28)14(3)29-21)24-19(27)11-25-18-10-16(22)8-9-17(18)13(2)23-25/h4-10,14,21H,11H2,1-3H3,(H,24,27). The summed E-state index contributed by atoms with van der Waals surface area (Å²) in [6.45, 7) is 5.75. The fourth-order valence-corrected chi connectivity index (χ4v) is 4.81. The number of amides is 2. The third-order valence-corrected chi connectivity index (χ3v) is 6.54. The highest BCUT2D eigenvalue weighted by molar-refractivity contribution is 8.01. The van der Waals surface area contributed by atoms with Crippen molar-refractivity contribution in [2.24, 2.45) is 0 Å². The summed E-state index contributed by atoms with van der Waals surface area (Å²) in [5.41, 5.74) is 6.52. The minimum Gasteiger partial charge on any atom is -0.272 e. The molecular weight excluding hydrogens is 408 g/mol. The average molecular weight is 429 g/mol. The summed E-state index contributed by atoms with van der Waals surface area (Å²) in [4.78, 5) is 25.4. The number of rotatable bonds is 4. The number of hydrogen-bond donors (Lipinski definition) is 1. The van der Waals surface area contributed by atoms with Gasteiger partial charge in [-0.15, -0.1) is 11.8 Å². The van der Waals surface area contributed by atoms with Crippen LogP contribution < -0.4 is 5.43 Å². The van der Waals surface area contributed by atoms with Gasteiger partial charge in [-0.2, -0.15) is 5.10 Å². The molecule has 8 heteroatoms. The van der Waals surface area contributed by atoms with Crippen LogP contribution in [0, 0.1) is 13.8 Å². The number of hydrogen-bond acceptors (Lipinski definition) is 4. The lowest BCUT2D eigenvalue weighted by Gasteiger charge is -2.24. The van der Waals surface area contributed by atoms with Crippen molar-refractivity contribution in [2.45, 2.75) is 37.9 Å². The lowest BCUT2D eigenvalue weighted by atomic mass is 10.1. The first-order chi connectivity index (χ1) is 13.8. The Bertz CT molecular complexity index is 1100. The quantitative estimate of drug-likeness (QED) is 0.682. The van der Waals surface area contributed by atoms with E-state index in [1.807, 2.05) is 51.1 Å². The van der Waals surface area contributed by atoms with E-state index in [-0.39, 0.29) is 29.0 Å². The fourth-order valence-electron chi connectivity index (χ4n) is 3.44. The van der Waals surface area contributed by atoms with Gasteiger partial charge >= 0.3 is 0 Å². The van der Waals surface area contributed by atoms with E-state index in [0.717, 1.165) is 27.7 Å². The Kier molecular flexibility index (Phi) is 5.27. The molecule has 1 aliphatic rings. The van der Waals surface area contributed by atoms with Crippen LogP contribution in [0.25, 0.3) is 10.9 Å². The van der Waals surface area contributed by atoms with Crippen molar-refractivity contribution < 1.29 is 9.59 Å². The molecule has 1 N–H and O–H groups in total. The molecule has 6 nitrogen and oxygen atoms in total. The Morgan fingerprint density at radius 2 is 1.93 bits per heavy atom. The molecule has 1 aromatic heterocycles. The molecule has 29 heavy (non-hydrogen) atoms. The van der Waals surface area contributed by atoms with Crippen LogP contribution in [0.4, 0.5) is 0 Å². The second-order valence-electron chi connectivity index (χ2n) is 7.19. The van der Waals surface area contributed by atoms with E-state index in [2.05, 4.69) is 10.5 Å². The van der Waals surface area contributed by atoms with Crippen molar-refractivity contribution in [1.82, 2.24) is 20.2 Å². The minimum atomic E-state index is -0.311. The van der Waals surface area contributed by atoms with Gasteiger partial charge in [0.25, 0.3) is 11.8 Å². The predicted octanol–water partition coefficient (Wildman–Crippen LogP) is 4.00. The Balaban J connectivity index is 1.56. The molecule has 1 fully saturated rings. The van der Waals surface area contributed by atoms with Crippen LogP contribution in [-0.4, -0.2) is 31.9 Å². The van der Waals surface area contributed by atoms with Gasteiger partial charge in [-0.1, -0.05) is 41.4 Å². The maximum atomic E-state index is 12.8. The molecule has 2 atom stereocenters. The molecule has 4 rings (SSSR count). The van der Waals surface area contributed by atoms with Gasteiger partial charge in [0.2, 0.25) is 0 Å². The van der Waals surface area contributed by atoms with E-state index >= 15 is 0 Å². The van der Waals surface area contributed by atoms with Gasteiger partial charge in [0.15, 0.2) is 0 Å². The molecule has 0 aliphatic carbocycles. The van der Waals surface area contributed by atoms with Gasteiger partial charge in [0.1, 0.15) is 11.9 Å². The van der Waals surface area contributed by atoms with Crippen molar-refractivity contribution in [2.75, 3.05) is 0 Å². The zero-order valence-electron chi connectivity index (χ0n) is 16.3. The van der Waals surface area contributed by atoms with E-state index in [4.69, 9.17) is 11.6 Å². The zero-order chi connectivity index (χ0) is 20.7. The van der Waals surface area contributed by atoms with Crippen LogP contribution in [0.1, 0.15) is 29.1 Å². The highest BCUT2D eigenvalue weighted by Gasteiger charge is 2.39. The minimum absolute atomic E-state index is 0.00583. The van der Waals surface area contributed by atoms with Gasteiger partial charge < -0.3 is 0 Å². The fraction of sp³-hybridized carbons (Fsp3) is 0.286. The summed E-state index contributed by atoms with van der Waals surface area (Å²) < 4.78 is 1.61. The summed E-state index contributed by atoms with van der Waals surface area (Å²) >= 11 is 7.63.